The van der Waals surface area contributed by atoms with Gasteiger partial charge in [-0.25, -0.2) is 4.79 Å². The van der Waals surface area contributed by atoms with Gasteiger partial charge in [0, 0.05) is 11.6 Å². The fraction of sp³-hybridized carbons (Fsp3) is 0.0588. The molecule has 3 rings (SSSR count). The van der Waals surface area contributed by atoms with Crippen LogP contribution in [0.1, 0.15) is 15.9 Å². The first-order valence-corrected chi connectivity index (χ1v) is 6.44. The Balaban J connectivity index is 2.27. The van der Waals surface area contributed by atoms with E-state index in [-0.39, 0.29) is 5.97 Å². The molecule has 3 aromatic rings. The highest BCUT2D eigenvalue weighted by Crippen LogP contribution is 2.25. The molecular weight excluding hydrogens is 264 g/mol. The SMILES string of the molecule is COC(=O)c1cccc2c1ccn2-c1ccccc1C#N. The molecule has 0 saturated heterocycles. The number of hydrogen-bond acceptors (Lipinski definition) is 3. The number of fused-ring (bicyclic) bond motifs is 1. The summed E-state index contributed by atoms with van der Waals surface area (Å²) in [6.45, 7) is 0. The minimum absolute atomic E-state index is 0.369. The van der Waals surface area contributed by atoms with E-state index in [0.717, 1.165) is 16.6 Å². The number of para-hydroxylation sites is 1. The van der Waals surface area contributed by atoms with Crippen LogP contribution in [-0.4, -0.2) is 17.6 Å². The van der Waals surface area contributed by atoms with Gasteiger partial charge >= 0.3 is 5.97 Å². The van der Waals surface area contributed by atoms with Crippen LogP contribution >= 0.6 is 0 Å². The topological polar surface area (TPSA) is 55.0 Å². The number of ether oxygens (including phenoxy) is 1. The predicted molar refractivity (Wildman–Crippen MR) is 79.3 cm³/mol. The third kappa shape index (κ3) is 2.05. The molecular formula is C17H12N2O2. The van der Waals surface area contributed by atoms with Gasteiger partial charge in [0.1, 0.15) is 6.07 Å². The summed E-state index contributed by atoms with van der Waals surface area (Å²) in [5.41, 5.74) is 2.75. The summed E-state index contributed by atoms with van der Waals surface area (Å²) in [4.78, 5) is 11.8. The second kappa shape index (κ2) is 5.14. The van der Waals surface area contributed by atoms with Gasteiger partial charge < -0.3 is 9.30 Å². The fourth-order valence-electron chi connectivity index (χ4n) is 2.44. The molecule has 4 heteroatoms. The number of methoxy groups -OCH3 is 1. The van der Waals surface area contributed by atoms with Gasteiger partial charge in [-0.3, -0.25) is 0 Å². The molecule has 2 aromatic carbocycles. The van der Waals surface area contributed by atoms with E-state index in [1.807, 2.05) is 41.1 Å². The number of carbonyl (C=O) groups is 1. The molecule has 0 bridgehead atoms. The Morgan fingerprint density at radius 3 is 2.71 bits per heavy atom. The standard InChI is InChI=1S/C17H12N2O2/c1-21-17(20)14-6-4-8-16-13(14)9-10-19(16)15-7-3-2-5-12(15)11-18/h2-10H,1H3. The summed E-state index contributed by atoms with van der Waals surface area (Å²) >= 11 is 0. The number of aromatic nitrogens is 1. The van der Waals surface area contributed by atoms with Crippen LogP contribution in [0.5, 0.6) is 0 Å². The minimum Gasteiger partial charge on any atom is -0.465 e. The number of nitriles is 1. The lowest BCUT2D eigenvalue weighted by Crippen LogP contribution is -2.02. The number of rotatable bonds is 2. The van der Waals surface area contributed by atoms with Gasteiger partial charge in [-0.2, -0.15) is 5.26 Å². The van der Waals surface area contributed by atoms with Gasteiger partial charge in [0.2, 0.25) is 0 Å². The van der Waals surface area contributed by atoms with E-state index >= 15 is 0 Å². The molecule has 0 aliphatic heterocycles. The van der Waals surface area contributed by atoms with E-state index in [9.17, 15) is 10.1 Å². The average molecular weight is 276 g/mol. The lowest BCUT2D eigenvalue weighted by atomic mass is 10.1. The number of benzene rings is 2. The van der Waals surface area contributed by atoms with Gasteiger partial charge in [0.15, 0.2) is 0 Å². The van der Waals surface area contributed by atoms with Crippen LogP contribution in [0.4, 0.5) is 0 Å². The zero-order chi connectivity index (χ0) is 14.8. The summed E-state index contributed by atoms with van der Waals surface area (Å²) in [5, 5.41) is 10.0. The van der Waals surface area contributed by atoms with Gasteiger partial charge in [0.25, 0.3) is 0 Å². The van der Waals surface area contributed by atoms with Gasteiger partial charge in [-0.15, -0.1) is 0 Å². The van der Waals surface area contributed by atoms with Crippen LogP contribution in [0.3, 0.4) is 0 Å². The third-order valence-electron chi connectivity index (χ3n) is 3.42. The monoisotopic (exact) mass is 276 g/mol. The van der Waals surface area contributed by atoms with Crippen molar-refractivity contribution >= 4 is 16.9 Å². The highest BCUT2D eigenvalue weighted by atomic mass is 16.5. The Kier molecular flexibility index (Phi) is 3.17. The van der Waals surface area contributed by atoms with Crippen molar-refractivity contribution in [3.8, 4) is 11.8 Å². The zero-order valence-electron chi connectivity index (χ0n) is 11.4. The van der Waals surface area contributed by atoms with E-state index in [1.54, 1.807) is 18.2 Å². The lowest BCUT2D eigenvalue weighted by Gasteiger charge is -2.08. The third-order valence-corrected chi connectivity index (χ3v) is 3.42. The summed E-state index contributed by atoms with van der Waals surface area (Å²) in [7, 11) is 1.36. The number of nitrogens with zero attached hydrogens (tertiary/aromatic N) is 2. The maximum atomic E-state index is 11.8. The van der Waals surface area contributed by atoms with Crippen LogP contribution in [0.15, 0.2) is 54.7 Å². The predicted octanol–water partition coefficient (Wildman–Crippen LogP) is 3.29. The van der Waals surface area contributed by atoms with E-state index in [0.29, 0.717) is 11.1 Å². The summed E-state index contributed by atoms with van der Waals surface area (Å²) in [6, 6.07) is 16.8. The molecule has 102 valence electrons. The van der Waals surface area contributed by atoms with Crippen molar-refractivity contribution in [2.45, 2.75) is 0 Å². The van der Waals surface area contributed by atoms with E-state index in [1.165, 1.54) is 7.11 Å². The van der Waals surface area contributed by atoms with E-state index in [2.05, 4.69) is 6.07 Å². The Morgan fingerprint density at radius 2 is 1.95 bits per heavy atom. The molecule has 1 heterocycles. The first-order chi connectivity index (χ1) is 10.3. The summed E-state index contributed by atoms with van der Waals surface area (Å²) in [5.74, 6) is -0.369. The Morgan fingerprint density at radius 1 is 1.14 bits per heavy atom. The summed E-state index contributed by atoms with van der Waals surface area (Å²) in [6.07, 6.45) is 1.85. The number of carbonyl (C=O) groups excluding carboxylic acids is 1. The van der Waals surface area contributed by atoms with Gasteiger partial charge in [-0.1, -0.05) is 18.2 Å². The zero-order valence-corrected chi connectivity index (χ0v) is 11.4. The molecule has 0 radical (unpaired) electrons. The Hall–Kier alpha value is -3.06. The maximum absolute atomic E-state index is 11.8. The van der Waals surface area contributed by atoms with Crippen LogP contribution in [0, 0.1) is 11.3 Å². The molecule has 0 saturated carbocycles. The molecule has 0 fully saturated rings. The molecule has 0 aliphatic carbocycles. The lowest BCUT2D eigenvalue weighted by molar-refractivity contribution is 0.0603. The van der Waals surface area contributed by atoms with Crippen LogP contribution in [0.25, 0.3) is 16.6 Å². The van der Waals surface area contributed by atoms with Crippen molar-refractivity contribution in [3.05, 3.63) is 65.9 Å². The quantitative estimate of drug-likeness (QED) is 0.675. The van der Waals surface area contributed by atoms with Crippen LogP contribution < -0.4 is 0 Å². The molecule has 21 heavy (non-hydrogen) atoms. The Bertz CT molecular complexity index is 872. The van der Waals surface area contributed by atoms with E-state index < -0.39 is 0 Å². The fourth-order valence-corrected chi connectivity index (χ4v) is 2.44. The van der Waals surface area contributed by atoms with Crippen molar-refractivity contribution in [2.24, 2.45) is 0 Å². The van der Waals surface area contributed by atoms with Gasteiger partial charge in [0.05, 0.1) is 29.4 Å². The van der Waals surface area contributed by atoms with Crippen LogP contribution in [0.2, 0.25) is 0 Å². The molecule has 0 unspecified atom stereocenters. The number of esters is 1. The first-order valence-electron chi connectivity index (χ1n) is 6.44. The van der Waals surface area contributed by atoms with Crippen molar-refractivity contribution in [1.82, 2.24) is 4.57 Å². The first kappa shape index (κ1) is 12.9. The molecule has 0 spiro atoms. The maximum Gasteiger partial charge on any atom is 0.338 e. The second-order valence-corrected chi connectivity index (χ2v) is 4.54. The van der Waals surface area contributed by atoms with Crippen molar-refractivity contribution in [2.75, 3.05) is 7.11 Å². The largest absolute Gasteiger partial charge is 0.465 e. The molecule has 0 aliphatic rings. The second-order valence-electron chi connectivity index (χ2n) is 4.54. The van der Waals surface area contributed by atoms with Crippen molar-refractivity contribution < 1.29 is 9.53 Å². The number of hydrogen-bond donors (Lipinski definition) is 0. The Labute approximate surface area is 121 Å². The van der Waals surface area contributed by atoms with E-state index in [4.69, 9.17) is 4.74 Å². The average Bonchev–Trinajstić information content (AvgIpc) is 2.97. The highest BCUT2D eigenvalue weighted by Gasteiger charge is 2.14. The smallest absolute Gasteiger partial charge is 0.338 e. The molecule has 4 nitrogen and oxygen atoms in total. The molecule has 0 atom stereocenters. The highest BCUT2D eigenvalue weighted by molar-refractivity contribution is 6.04. The van der Waals surface area contributed by atoms with Crippen LogP contribution in [-0.2, 0) is 4.74 Å². The molecule has 1 aromatic heterocycles. The molecule has 0 N–H and O–H groups in total. The van der Waals surface area contributed by atoms with Crippen molar-refractivity contribution in [3.63, 3.8) is 0 Å². The normalized spacial score (nSPS) is 10.3. The van der Waals surface area contributed by atoms with Gasteiger partial charge in [-0.05, 0) is 30.3 Å². The minimum atomic E-state index is -0.369. The molecule has 0 amide bonds. The van der Waals surface area contributed by atoms with Crippen molar-refractivity contribution in [1.29, 1.82) is 5.26 Å². The summed E-state index contributed by atoms with van der Waals surface area (Å²) < 4.78 is 6.71.